The third kappa shape index (κ3) is 6.13. The lowest BCUT2D eigenvalue weighted by Gasteiger charge is -2.01. The van der Waals surface area contributed by atoms with E-state index in [0.29, 0.717) is 0 Å². The van der Waals surface area contributed by atoms with Gasteiger partial charge in [0, 0.05) is 24.8 Å². The normalized spacial score (nSPS) is 10.1. The molecule has 0 atom stereocenters. The first-order chi connectivity index (χ1) is 7.36. The molecule has 0 aromatic carbocycles. The molecule has 0 saturated carbocycles. The Morgan fingerprint density at radius 1 is 1.25 bits per heavy atom. The summed E-state index contributed by atoms with van der Waals surface area (Å²) in [6.07, 6.45) is 9.13. The minimum absolute atomic E-state index is 0. The molecule has 94 valence electrons. The van der Waals surface area contributed by atoms with Crippen LogP contribution in [0.25, 0.3) is 0 Å². The van der Waals surface area contributed by atoms with E-state index < -0.39 is 0 Å². The number of aromatic nitrogens is 2. The number of nitrogens with zero attached hydrogens (tertiary/aromatic N) is 2. The van der Waals surface area contributed by atoms with Crippen molar-refractivity contribution in [3.05, 3.63) is 18.0 Å². The van der Waals surface area contributed by atoms with Gasteiger partial charge in [-0.1, -0.05) is 26.7 Å². The summed E-state index contributed by atoms with van der Waals surface area (Å²) in [5.74, 6) is 0. The molecule has 16 heavy (non-hydrogen) atoms. The van der Waals surface area contributed by atoms with Crippen LogP contribution in [0.15, 0.2) is 12.4 Å². The zero-order chi connectivity index (χ0) is 10.9. The SMILES string of the molecule is CCCCCNCc1cnn(CCC)c1.Cl. The molecule has 0 radical (unpaired) electrons. The van der Waals surface area contributed by atoms with Gasteiger partial charge in [0.25, 0.3) is 0 Å². The molecule has 0 amide bonds. The molecule has 4 heteroatoms. The van der Waals surface area contributed by atoms with Gasteiger partial charge >= 0.3 is 0 Å². The van der Waals surface area contributed by atoms with Crippen LogP contribution in [-0.4, -0.2) is 16.3 Å². The van der Waals surface area contributed by atoms with Crippen LogP contribution in [0.3, 0.4) is 0 Å². The van der Waals surface area contributed by atoms with E-state index in [1.165, 1.54) is 24.8 Å². The summed E-state index contributed by atoms with van der Waals surface area (Å²) >= 11 is 0. The molecule has 0 aliphatic carbocycles. The van der Waals surface area contributed by atoms with Gasteiger partial charge < -0.3 is 5.32 Å². The van der Waals surface area contributed by atoms with Crippen molar-refractivity contribution in [2.45, 2.75) is 52.6 Å². The lowest BCUT2D eigenvalue weighted by molar-refractivity contribution is 0.598. The van der Waals surface area contributed by atoms with Gasteiger partial charge in [0.05, 0.1) is 6.20 Å². The van der Waals surface area contributed by atoms with Crippen molar-refractivity contribution < 1.29 is 0 Å². The monoisotopic (exact) mass is 245 g/mol. The second-order valence-corrected chi connectivity index (χ2v) is 4.00. The fourth-order valence-corrected chi connectivity index (χ4v) is 1.58. The van der Waals surface area contributed by atoms with Crippen molar-refractivity contribution in [1.29, 1.82) is 0 Å². The molecule has 1 rings (SSSR count). The van der Waals surface area contributed by atoms with Crippen molar-refractivity contribution in [1.82, 2.24) is 15.1 Å². The molecule has 0 fully saturated rings. The molecule has 0 saturated heterocycles. The Morgan fingerprint density at radius 2 is 2.06 bits per heavy atom. The number of hydrogen-bond acceptors (Lipinski definition) is 2. The van der Waals surface area contributed by atoms with E-state index >= 15 is 0 Å². The summed E-state index contributed by atoms with van der Waals surface area (Å²) in [6.45, 7) is 7.50. The number of aryl methyl sites for hydroxylation is 1. The summed E-state index contributed by atoms with van der Waals surface area (Å²) in [5, 5.41) is 7.74. The zero-order valence-electron chi connectivity index (χ0n) is 10.4. The van der Waals surface area contributed by atoms with Gasteiger partial charge in [-0.3, -0.25) is 4.68 Å². The van der Waals surface area contributed by atoms with Gasteiger partial charge in [-0.25, -0.2) is 0 Å². The maximum atomic E-state index is 4.30. The summed E-state index contributed by atoms with van der Waals surface area (Å²) < 4.78 is 2.02. The zero-order valence-corrected chi connectivity index (χ0v) is 11.2. The number of hydrogen-bond donors (Lipinski definition) is 1. The number of rotatable bonds is 8. The quantitative estimate of drug-likeness (QED) is 0.714. The molecule has 1 aromatic rings. The van der Waals surface area contributed by atoms with E-state index in [2.05, 4.69) is 30.5 Å². The van der Waals surface area contributed by atoms with Crippen molar-refractivity contribution >= 4 is 12.4 Å². The van der Waals surface area contributed by atoms with E-state index in [9.17, 15) is 0 Å². The summed E-state index contributed by atoms with van der Waals surface area (Å²) in [5.41, 5.74) is 1.29. The van der Waals surface area contributed by atoms with Crippen molar-refractivity contribution in [3.63, 3.8) is 0 Å². The second-order valence-electron chi connectivity index (χ2n) is 4.00. The van der Waals surface area contributed by atoms with Crippen LogP contribution in [-0.2, 0) is 13.1 Å². The Hall–Kier alpha value is -0.540. The molecule has 0 unspecified atom stereocenters. The summed E-state index contributed by atoms with van der Waals surface area (Å²) in [7, 11) is 0. The molecular weight excluding hydrogens is 222 g/mol. The Labute approximate surface area is 105 Å². The Kier molecular flexibility index (Phi) is 9.34. The van der Waals surface area contributed by atoms with Crippen molar-refractivity contribution in [3.8, 4) is 0 Å². The molecule has 1 aromatic heterocycles. The first-order valence-corrected chi connectivity index (χ1v) is 6.08. The van der Waals surface area contributed by atoms with Crippen LogP contribution in [0, 0.1) is 0 Å². The minimum Gasteiger partial charge on any atom is -0.313 e. The lowest BCUT2D eigenvalue weighted by atomic mass is 10.2. The first-order valence-electron chi connectivity index (χ1n) is 6.08. The third-order valence-corrected chi connectivity index (χ3v) is 2.43. The van der Waals surface area contributed by atoms with E-state index in [4.69, 9.17) is 0 Å². The fourth-order valence-electron chi connectivity index (χ4n) is 1.58. The van der Waals surface area contributed by atoms with Gasteiger partial charge in [0.15, 0.2) is 0 Å². The average Bonchev–Trinajstić information content (AvgIpc) is 2.66. The average molecular weight is 246 g/mol. The van der Waals surface area contributed by atoms with Gasteiger partial charge in [0.2, 0.25) is 0 Å². The van der Waals surface area contributed by atoms with Crippen molar-refractivity contribution in [2.75, 3.05) is 6.54 Å². The van der Waals surface area contributed by atoms with Gasteiger partial charge in [-0.05, 0) is 19.4 Å². The van der Waals surface area contributed by atoms with E-state index in [0.717, 1.165) is 26.1 Å². The second kappa shape index (κ2) is 9.67. The molecule has 1 heterocycles. The molecule has 1 N–H and O–H groups in total. The van der Waals surface area contributed by atoms with Crippen molar-refractivity contribution in [2.24, 2.45) is 0 Å². The smallest absolute Gasteiger partial charge is 0.0534 e. The molecule has 0 bridgehead atoms. The van der Waals surface area contributed by atoms with E-state index in [-0.39, 0.29) is 12.4 Å². The maximum absolute atomic E-state index is 4.30. The molecule has 0 aliphatic heterocycles. The van der Waals surface area contributed by atoms with Crippen LogP contribution >= 0.6 is 12.4 Å². The van der Waals surface area contributed by atoms with Crippen LogP contribution in [0.2, 0.25) is 0 Å². The van der Waals surface area contributed by atoms with Gasteiger partial charge in [-0.2, -0.15) is 5.10 Å². The highest BCUT2D eigenvalue weighted by Crippen LogP contribution is 1.99. The maximum Gasteiger partial charge on any atom is 0.0534 e. The number of nitrogens with one attached hydrogen (secondary N) is 1. The first kappa shape index (κ1) is 15.5. The predicted octanol–water partition coefficient (Wildman–Crippen LogP) is 2.99. The van der Waals surface area contributed by atoms with Crippen LogP contribution in [0.4, 0.5) is 0 Å². The predicted molar refractivity (Wildman–Crippen MR) is 71.0 cm³/mol. The van der Waals surface area contributed by atoms with Crippen LogP contribution < -0.4 is 5.32 Å². The molecule has 0 aliphatic rings. The van der Waals surface area contributed by atoms with Gasteiger partial charge in [0.1, 0.15) is 0 Å². The Bertz CT molecular complexity index is 261. The molecule has 0 spiro atoms. The number of halogens is 1. The molecule has 3 nitrogen and oxygen atoms in total. The minimum atomic E-state index is 0. The topological polar surface area (TPSA) is 29.9 Å². The summed E-state index contributed by atoms with van der Waals surface area (Å²) in [4.78, 5) is 0. The van der Waals surface area contributed by atoms with E-state index in [1.807, 2.05) is 10.9 Å². The number of unbranched alkanes of at least 4 members (excludes halogenated alkanes) is 2. The highest BCUT2D eigenvalue weighted by atomic mass is 35.5. The highest BCUT2D eigenvalue weighted by molar-refractivity contribution is 5.85. The standard InChI is InChI=1S/C12H23N3.ClH/c1-3-5-6-7-13-9-12-10-14-15(11-12)8-4-2;/h10-11,13H,3-9H2,1-2H3;1H. The fraction of sp³-hybridized carbons (Fsp3) is 0.750. The van der Waals surface area contributed by atoms with E-state index in [1.54, 1.807) is 0 Å². The lowest BCUT2D eigenvalue weighted by Crippen LogP contribution is -2.14. The van der Waals surface area contributed by atoms with Gasteiger partial charge in [-0.15, -0.1) is 12.4 Å². The molecular formula is C12H24ClN3. The van der Waals surface area contributed by atoms with Crippen LogP contribution in [0.5, 0.6) is 0 Å². The van der Waals surface area contributed by atoms with Crippen LogP contribution in [0.1, 0.15) is 45.1 Å². The largest absolute Gasteiger partial charge is 0.313 e. The Balaban J connectivity index is 0.00000225. The highest BCUT2D eigenvalue weighted by Gasteiger charge is 1.96. The third-order valence-electron chi connectivity index (χ3n) is 2.43. The summed E-state index contributed by atoms with van der Waals surface area (Å²) in [6, 6.07) is 0. The Morgan fingerprint density at radius 3 is 2.75 bits per heavy atom.